The van der Waals surface area contributed by atoms with Gasteiger partial charge in [0.15, 0.2) is 0 Å². The van der Waals surface area contributed by atoms with Gasteiger partial charge in [0.2, 0.25) is 11.8 Å². The molecule has 0 aliphatic carbocycles. The fourth-order valence-electron chi connectivity index (χ4n) is 2.11. The van der Waals surface area contributed by atoms with Crippen LogP contribution in [0.25, 0.3) is 0 Å². The van der Waals surface area contributed by atoms with E-state index in [1.54, 1.807) is 6.33 Å². The summed E-state index contributed by atoms with van der Waals surface area (Å²) < 4.78 is 0. The number of nitrogens with one attached hydrogen (secondary N) is 3. The van der Waals surface area contributed by atoms with Crippen molar-refractivity contribution >= 4 is 11.8 Å². The number of primary amides is 1. The van der Waals surface area contributed by atoms with Crippen molar-refractivity contribution in [1.29, 1.82) is 0 Å². The van der Waals surface area contributed by atoms with Crippen LogP contribution in [0, 0.1) is 0 Å². The zero-order valence-corrected chi connectivity index (χ0v) is 10.7. The average molecular weight is 265 g/mol. The summed E-state index contributed by atoms with van der Waals surface area (Å²) in [7, 11) is 0. The predicted octanol–water partition coefficient (Wildman–Crippen LogP) is -0.804. The van der Waals surface area contributed by atoms with Gasteiger partial charge < -0.3 is 16.0 Å². The maximum Gasteiger partial charge on any atom is 0.237 e. The highest BCUT2D eigenvalue weighted by atomic mass is 16.2. The molecule has 7 heteroatoms. The summed E-state index contributed by atoms with van der Waals surface area (Å²) >= 11 is 0. The average Bonchev–Trinajstić information content (AvgIpc) is 2.84. The third-order valence-electron chi connectivity index (χ3n) is 3.20. The first-order valence-electron chi connectivity index (χ1n) is 6.47. The Morgan fingerprint density at radius 2 is 2.32 bits per heavy atom. The largest absolute Gasteiger partial charge is 0.370 e. The number of nitrogens with two attached hydrogens (primary N) is 1. The first-order valence-corrected chi connectivity index (χ1v) is 6.47. The minimum atomic E-state index is -0.300. The van der Waals surface area contributed by atoms with Crippen molar-refractivity contribution in [2.75, 3.05) is 6.54 Å². The van der Waals surface area contributed by atoms with Gasteiger partial charge in [-0.15, -0.1) is 0 Å². The monoisotopic (exact) mass is 265 g/mol. The number of carbonyl (C=O) groups excluding carboxylic acids is 2. The fraction of sp³-hybridized carbons (Fsp3) is 0.583. The van der Waals surface area contributed by atoms with Gasteiger partial charge in [-0.2, -0.15) is 0 Å². The van der Waals surface area contributed by atoms with Crippen molar-refractivity contribution in [3.63, 3.8) is 0 Å². The molecule has 1 aromatic rings. The van der Waals surface area contributed by atoms with Crippen LogP contribution in [0.5, 0.6) is 0 Å². The molecule has 19 heavy (non-hydrogen) atoms. The molecule has 0 saturated heterocycles. The van der Waals surface area contributed by atoms with Crippen LogP contribution in [0.3, 0.4) is 0 Å². The molecule has 1 aromatic heterocycles. The number of fused-ring (bicyclic) bond motifs is 1. The molecular weight excluding hydrogens is 246 g/mol. The van der Waals surface area contributed by atoms with Crippen LogP contribution in [0.15, 0.2) is 6.33 Å². The van der Waals surface area contributed by atoms with E-state index in [1.807, 2.05) is 0 Å². The van der Waals surface area contributed by atoms with Crippen LogP contribution >= 0.6 is 0 Å². The zero-order valence-electron chi connectivity index (χ0n) is 10.7. The molecule has 5 N–H and O–H groups in total. The smallest absolute Gasteiger partial charge is 0.237 e. The van der Waals surface area contributed by atoms with E-state index in [9.17, 15) is 9.59 Å². The minimum Gasteiger partial charge on any atom is -0.370 e. The summed E-state index contributed by atoms with van der Waals surface area (Å²) in [6, 6.07) is -0.230. The molecular formula is C12H19N5O2. The number of hydrogen-bond acceptors (Lipinski definition) is 4. The minimum absolute atomic E-state index is 0.0206. The Labute approximate surface area is 111 Å². The van der Waals surface area contributed by atoms with Crippen LogP contribution in [-0.2, 0) is 22.6 Å². The number of rotatable bonds is 6. The van der Waals surface area contributed by atoms with Crippen LogP contribution in [0.1, 0.15) is 30.7 Å². The third kappa shape index (κ3) is 3.78. The number of unbranched alkanes of at least 4 members (excludes halogenated alkanes) is 1. The van der Waals surface area contributed by atoms with Gasteiger partial charge in [0, 0.05) is 25.9 Å². The molecule has 0 radical (unpaired) electrons. The van der Waals surface area contributed by atoms with E-state index >= 15 is 0 Å². The molecule has 0 bridgehead atoms. The second-order valence-electron chi connectivity index (χ2n) is 4.68. The summed E-state index contributed by atoms with van der Waals surface area (Å²) in [5, 5.41) is 6.02. The van der Waals surface area contributed by atoms with E-state index in [0.29, 0.717) is 32.4 Å². The molecule has 1 aliphatic rings. The molecule has 0 saturated carbocycles. The number of imidazole rings is 1. The highest BCUT2D eigenvalue weighted by molar-refractivity contribution is 5.82. The standard InChI is InChI=1S/C12H19N5O2/c13-11(18)3-1-2-4-14-12(19)9-5-8-10(6-15-9)17-7-16-8/h7,9,15H,1-6H2,(H2,13,18)(H,14,19)(H,16,17). The van der Waals surface area contributed by atoms with E-state index < -0.39 is 0 Å². The van der Waals surface area contributed by atoms with Gasteiger partial charge in [-0.3, -0.25) is 14.9 Å². The van der Waals surface area contributed by atoms with Crippen LogP contribution in [0.4, 0.5) is 0 Å². The SMILES string of the molecule is NC(=O)CCCCNC(=O)C1Cc2nc[nH]c2CN1. The van der Waals surface area contributed by atoms with E-state index in [1.165, 1.54) is 0 Å². The van der Waals surface area contributed by atoms with E-state index in [-0.39, 0.29) is 17.9 Å². The van der Waals surface area contributed by atoms with Crippen molar-refractivity contribution in [3.05, 3.63) is 17.7 Å². The number of aromatic amines is 1. The Balaban J connectivity index is 1.68. The molecule has 104 valence electrons. The normalized spacial score (nSPS) is 17.8. The molecule has 0 aromatic carbocycles. The van der Waals surface area contributed by atoms with Gasteiger partial charge in [0.25, 0.3) is 0 Å². The van der Waals surface area contributed by atoms with Crippen LogP contribution in [-0.4, -0.2) is 34.4 Å². The van der Waals surface area contributed by atoms with Crippen molar-refractivity contribution in [2.24, 2.45) is 5.73 Å². The molecule has 7 nitrogen and oxygen atoms in total. The summed E-state index contributed by atoms with van der Waals surface area (Å²) in [5.74, 6) is -0.320. The summed E-state index contributed by atoms with van der Waals surface area (Å²) in [5.41, 5.74) is 7.04. The Morgan fingerprint density at radius 1 is 1.47 bits per heavy atom. The molecule has 2 rings (SSSR count). The second kappa shape index (κ2) is 6.33. The maximum atomic E-state index is 11.9. The number of nitrogens with zero attached hydrogens (tertiary/aromatic N) is 1. The van der Waals surface area contributed by atoms with Crippen molar-refractivity contribution < 1.29 is 9.59 Å². The van der Waals surface area contributed by atoms with E-state index in [2.05, 4.69) is 20.6 Å². The summed E-state index contributed by atoms with van der Waals surface area (Å²) in [6.07, 6.45) is 4.09. The fourth-order valence-corrected chi connectivity index (χ4v) is 2.11. The lowest BCUT2D eigenvalue weighted by atomic mass is 10.0. The molecule has 2 amide bonds. The van der Waals surface area contributed by atoms with Crippen molar-refractivity contribution in [1.82, 2.24) is 20.6 Å². The lowest BCUT2D eigenvalue weighted by Crippen LogP contribution is -2.47. The van der Waals surface area contributed by atoms with Crippen molar-refractivity contribution in [3.8, 4) is 0 Å². The Bertz CT molecular complexity index is 457. The highest BCUT2D eigenvalue weighted by Crippen LogP contribution is 2.11. The lowest BCUT2D eigenvalue weighted by Gasteiger charge is -2.22. The van der Waals surface area contributed by atoms with Crippen LogP contribution < -0.4 is 16.4 Å². The molecule has 1 atom stereocenters. The van der Waals surface area contributed by atoms with Gasteiger partial charge in [0.05, 0.1) is 23.8 Å². The summed E-state index contributed by atoms with van der Waals surface area (Å²) in [4.78, 5) is 29.7. The quantitative estimate of drug-likeness (QED) is 0.504. The van der Waals surface area contributed by atoms with E-state index in [0.717, 1.165) is 17.8 Å². The molecule has 0 fully saturated rings. The number of aromatic nitrogens is 2. The van der Waals surface area contributed by atoms with E-state index in [4.69, 9.17) is 5.73 Å². The number of amides is 2. The van der Waals surface area contributed by atoms with Crippen LogP contribution in [0.2, 0.25) is 0 Å². The Morgan fingerprint density at radius 3 is 3.11 bits per heavy atom. The molecule has 2 heterocycles. The number of H-pyrrole nitrogens is 1. The lowest BCUT2D eigenvalue weighted by molar-refractivity contribution is -0.123. The van der Waals surface area contributed by atoms with Gasteiger partial charge >= 0.3 is 0 Å². The Kier molecular flexibility index (Phi) is 4.51. The van der Waals surface area contributed by atoms with Gasteiger partial charge in [0.1, 0.15) is 0 Å². The molecule has 1 unspecified atom stereocenters. The maximum absolute atomic E-state index is 11.9. The molecule has 0 spiro atoms. The molecule has 1 aliphatic heterocycles. The topological polar surface area (TPSA) is 113 Å². The highest BCUT2D eigenvalue weighted by Gasteiger charge is 2.25. The Hall–Kier alpha value is -1.89. The first-order chi connectivity index (χ1) is 9.16. The summed E-state index contributed by atoms with van der Waals surface area (Å²) in [6.45, 7) is 1.20. The van der Waals surface area contributed by atoms with Gasteiger partial charge in [-0.05, 0) is 12.8 Å². The van der Waals surface area contributed by atoms with Gasteiger partial charge in [-0.1, -0.05) is 0 Å². The number of hydrogen-bond donors (Lipinski definition) is 4. The first kappa shape index (κ1) is 13.5. The van der Waals surface area contributed by atoms with Gasteiger partial charge in [-0.25, -0.2) is 4.98 Å². The third-order valence-corrected chi connectivity index (χ3v) is 3.20. The second-order valence-corrected chi connectivity index (χ2v) is 4.68. The van der Waals surface area contributed by atoms with Crippen molar-refractivity contribution in [2.45, 2.75) is 38.3 Å². The zero-order chi connectivity index (χ0) is 13.7. The predicted molar refractivity (Wildman–Crippen MR) is 69.0 cm³/mol. The number of carbonyl (C=O) groups is 2.